The van der Waals surface area contributed by atoms with Crippen molar-refractivity contribution in [2.24, 2.45) is 0 Å². The molecule has 2 rings (SSSR count). The molecule has 2 N–H and O–H groups in total. The van der Waals surface area contributed by atoms with E-state index in [1.54, 1.807) is 13.0 Å². The quantitative estimate of drug-likeness (QED) is 0.880. The first-order valence-corrected chi connectivity index (χ1v) is 5.41. The smallest absolute Gasteiger partial charge is 0.149 e. The minimum Gasteiger partial charge on any atom is -0.506 e. The van der Waals surface area contributed by atoms with E-state index in [2.05, 4.69) is 10.3 Å². The van der Waals surface area contributed by atoms with Crippen LogP contribution in [0.4, 0.5) is 14.5 Å². The summed E-state index contributed by atoms with van der Waals surface area (Å²) < 4.78 is 26.7. The maximum atomic E-state index is 13.3. The molecule has 0 saturated carbocycles. The number of nitrogens with one attached hydrogen (secondary N) is 1. The highest BCUT2D eigenvalue weighted by Crippen LogP contribution is 2.21. The Morgan fingerprint density at radius 1 is 1.17 bits per heavy atom. The van der Waals surface area contributed by atoms with Gasteiger partial charge in [-0.15, -0.1) is 0 Å². The predicted octanol–water partition coefficient (Wildman–Crippen LogP) is 2.99. The topological polar surface area (TPSA) is 45.1 Å². The summed E-state index contributed by atoms with van der Waals surface area (Å²) in [7, 11) is 0. The average molecular weight is 250 g/mol. The summed E-state index contributed by atoms with van der Waals surface area (Å²) in [6, 6.07) is 6.77. The SMILES string of the molecule is Cc1ccc(O)c(CNc2c(F)cccc2F)n1. The van der Waals surface area contributed by atoms with Crippen LogP contribution in [0.3, 0.4) is 0 Å². The van der Waals surface area contributed by atoms with Crippen molar-refractivity contribution in [3.05, 3.63) is 53.4 Å². The van der Waals surface area contributed by atoms with Crippen LogP contribution >= 0.6 is 0 Å². The minimum atomic E-state index is -0.679. The Bertz CT molecular complexity index is 553. The fourth-order valence-electron chi connectivity index (χ4n) is 1.57. The summed E-state index contributed by atoms with van der Waals surface area (Å²) in [5.74, 6) is -1.37. The molecule has 0 spiro atoms. The van der Waals surface area contributed by atoms with Crippen molar-refractivity contribution in [1.29, 1.82) is 0 Å². The third-order valence-corrected chi connectivity index (χ3v) is 2.48. The molecule has 1 aromatic heterocycles. The summed E-state index contributed by atoms with van der Waals surface area (Å²) in [5, 5.41) is 12.2. The Hall–Kier alpha value is -2.17. The number of hydrogen-bond acceptors (Lipinski definition) is 3. The average Bonchev–Trinajstić information content (AvgIpc) is 2.33. The van der Waals surface area contributed by atoms with Gasteiger partial charge in [0.15, 0.2) is 0 Å². The Labute approximate surface area is 103 Å². The Balaban J connectivity index is 2.19. The number of para-hydroxylation sites is 1. The van der Waals surface area contributed by atoms with Gasteiger partial charge in [-0.05, 0) is 31.2 Å². The molecule has 18 heavy (non-hydrogen) atoms. The van der Waals surface area contributed by atoms with E-state index in [-0.39, 0.29) is 18.0 Å². The number of hydrogen-bond donors (Lipinski definition) is 2. The van der Waals surface area contributed by atoms with Crippen LogP contribution in [0.15, 0.2) is 30.3 Å². The first-order valence-electron chi connectivity index (χ1n) is 5.41. The van der Waals surface area contributed by atoms with Gasteiger partial charge in [0, 0.05) is 5.69 Å². The second-order valence-electron chi connectivity index (χ2n) is 3.87. The van der Waals surface area contributed by atoms with Crippen molar-refractivity contribution in [2.75, 3.05) is 5.32 Å². The lowest BCUT2D eigenvalue weighted by atomic mass is 10.2. The van der Waals surface area contributed by atoms with E-state index in [0.29, 0.717) is 5.69 Å². The van der Waals surface area contributed by atoms with E-state index >= 15 is 0 Å². The molecular formula is C13H12F2N2O. The Kier molecular flexibility index (Phi) is 3.41. The van der Waals surface area contributed by atoms with Crippen molar-refractivity contribution < 1.29 is 13.9 Å². The molecule has 0 amide bonds. The molecule has 94 valence electrons. The summed E-state index contributed by atoms with van der Waals surface area (Å²) in [6.45, 7) is 1.82. The van der Waals surface area contributed by atoms with Crippen LogP contribution in [0.5, 0.6) is 5.75 Å². The molecule has 3 nitrogen and oxygen atoms in total. The lowest BCUT2D eigenvalue weighted by Crippen LogP contribution is -2.06. The fraction of sp³-hybridized carbons (Fsp3) is 0.154. The molecule has 0 fully saturated rings. The number of pyridine rings is 1. The van der Waals surface area contributed by atoms with Gasteiger partial charge in [-0.3, -0.25) is 4.98 Å². The number of aromatic nitrogens is 1. The molecule has 0 saturated heterocycles. The van der Waals surface area contributed by atoms with Crippen LogP contribution in [0.2, 0.25) is 0 Å². The van der Waals surface area contributed by atoms with Gasteiger partial charge in [0.25, 0.3) is 0 Å². The second kappa shape index (κ2) is 5.00. The highest BCUT2D eigenvalue weighted by Gasteiger charge is 2.09. The molecule has 2 aromatic rings. The van der Waals surface area contributed by atoms with Gasteiger partial charge in [-0.25, -0.2) is 8.78 Å². The van der Waals surface area contributed by atoms with Crippen LogP contribution in [0.1, 0.15) is 11.4 Å². The van der Waals surface area contributed by atoms with Crippen molar-refractivity contribution in [3.8, 4) is 5.75 Å². The number of anilines is 1. The molecule has 0 atom stereocenters. The van der Waals surface area contributed by atoms with Crippen LogP contribution in [-0.4, -0.2) is 10.1 Å². The predicted molar refractivity (Wildman–Crippen MR) is 64.3 cm³/mol. The first kappa shape index (κ1) is 12.3. The summed E-state index contributed by atoms with van der Waals surface area (Å²) in [6.07, 6.45) is 0. The molecule has 5 heteroatoms. The van der Waals surface area contributed by atoms with E-state index in [4.69, 9.17) is 0 Å². The van der Waals surface area contributed by atoms with Gasteiger partial charge in [-0.2, -0.15) is 0 Å². The van der Waals surface area contributed by atoms with Gasteiger partial charge in [-0.1, -0.05) is 6.07 Å². The van der Waals surface area contributed by atoms with Gasteiger partial charge < -0.3 is 10.4 Å². The lowest BCUT2D eigenvalue weighted by molar-refractivity contribution is 0.464. The monoisotopic (exact) mass is 250 g/mol. The van der Waals surface area contributed by atoms with Gasteiger partial charge in [0.05, 0.1) is 6.54 Å². The van der Waals surface area contributed by atoms with Crippen molar-refractivity contribution in [1.82, 2.24) is 4.98 Å². The van der Waals surface area contributed by atoms with Crippen LogP contribution in [0, 0.1) is 18.6 Å². The molecular weight excluding hydrogens is 238 g/mol. The lowest BCUT2D eigenvalue weighted by Gasteiger charge is -2.09. The largest absolute Gasteiger partial charge is 0.506 e. The van der Waals surface area contributed by atoms with E-state index in [1.807, 2.05) is 0 Å². The highest BCUT2D eigenvalue weighted by molar-refractivity contribution is 5.47. The van der Waals surface area contributed by atoms with Gasteiger partial charge >= 0.3 is 0 Å². The van der Waals surface area contributed by atoms with E-state index in [9.17, 15) is 13.9 Å². The van der Waals surface area contributed by atoms with Crippen molar-refractivity contribution in [3.63, 3.8) is 0 Å². The normalized spacial score (nSPS) is 10.4. The molecule has 0 aliphatic rings. The highest BCUT2D eigenvalue weighted by atomic mass is 19.1. The number of nitrogens with zero attached hydrogens (tertiary/aromatic N) is 1. The zero-order valence-corrected chi connectivity index (χ0v) is 9.74. The number of rotatable bonds is 3. The first-order chi connectivity index (χ1) is 8.58. The summed E-state index contributed by atoms with van der Waals surface area (Å²) >= 11 is 0. The zero-order chi connectivity index (χ0) is 13.1. The second-order valence-corrected chi connectivity index (χ2v) is 3.87. The van der Waals surface area contributed by atoms with Crippen molar-refractivity contribution in [2.45, 2.75) is 13.5 Å². The molecule has 0 aliphatic heterocycles. The maximum absolute atomic E-state index is 13.3. The fourth-order valence-corrected chi connectivity index (χ4v) is 1.57. The molecule has 0 bridgehead atoms. The summed E-state index contributed by atoms with van der Waals surface area (Å²) in [4.78, 5) is 4.09. The number of benzene rings is 1. The molecule has 0 unspecified atom stereocenters. The molecule has 0 aliphatic carbocycles. The maximum Gasteiger partial charge on any atom is 0.149 e. The Morgan fingerprint density at radius 2 is 1.83 bits per heavy atom. The number of halogens is 2. The van der Waals surface area contributed by atoms with Crippen LogP contribution in [-0.2, 0) is 6.54 Å². The number of aryl methyl sites for hydroxylation is 1. The third-order valence-electron chi connectivity index (χ3n) is 2.48. The van der Waals surface area contributed by atoms with Gasteiger partial charge in [0.1, 0.15) is 28.8 Å². The molecule has 1 heterocycles. The van der Waals surface area contributed by atoms with Crippen LogP contribution < -0.4 is 5.32 Å². The number of aromatic hydroxyl groups is 1. The van der Waals surface area contributed by atoms with E-state index in [0.717, 1.165) is 17.8 Å². The van der Waals surface area contributed by atoms with Gasteiger partial charge in [0.2, 0.25) is 0 Å². The summed E-state index contributed by atoms with van der Waals surface area (Å²) in [5.41, 5.74) is 0.844. The third kappa shape index (κ3) is 2.56. The van der Waals surface area contributed by atoms with Crippen molar-refractivity contribution >= 4 is 5.69 Å². The standard InChI is InChI=1S/C13H12F2N2O/c1-8-5-6-12(18)11(17-8)7-16-13-9(14)3-2-4-10(13)15/h2-6,16,18H,7H2,1H3. The Morgan fingerprint density at radius 3 is 2.50 bits per heavy atom. The molecule has 1 aromatic carbocycles. The van der Waals surface area contributed by atoms with Crippen LogP contribution in [0.25, 0.3) is 0 Å². The zero-order valence-electron chi connectivity index (χ0n) is 9.74. The minimum absolute atomic E-state index is 0.00940. The van der Waals surface area contributed by atoms with E-state index in [1.165, 1.54) is 12.1 Å². The molecule has 0 radical (unpaired) electrons. The van der Waals surface area contributed by atoms with E-state index < -0.39 is 11.6 Å².